The molecule has 1 atom stereocenters. The van der Waals surface area contributed by atoms with Crippen molar-refractivity contribution in [3.8, 4) is 0 Å². The summed E-state index contributed by atoms with van der Waals surface area (Å²) in [4.78, 5) is 11.6. The summed E-state index contributed by atoms with van der Waals surface area (Å²) in [6.07, 6.45) is 0.517. The molecule has 1 heterocycles. The van der Waals surface area contributed by atoms with Crippen molar-refractivity contribution in [3.05, 3.63) is 0 Å². The Morgan fingerprint density at radius 3 is 2.62 bits per heavy atom. The second-order valence-electron chi connectivity index (χ2n) is 4.50. The lowest BCUT2D eigenvalue weighted by Gasteiger charge is -2.33. The van der Waals surface area contributed by atoms with Crippen molar-refractivity contribution in [1.82, 2.24) is 9.62 Å². The van der Waals surface area contributed by atoms with Crippen LogP contribution in [0.15, 0.2) is 0 Å². The standard InChI is InChI=1S/C10H20N2O3S/c1-4-9-10(13)11-5-6-12(9)16(14,15)7-8(2)3/h8-9H,4-7H2,1-3H3,(H,11,13). The quantitative estimate of drug-likeness (QED) is 0.772. The molecule has 1 N–H and O–H groups in total. The lowest BCUT2D eigenvalue weighted by Crippen LogP contribution is -2.57. The third-order valence-corrected chi connectivity index (χ3v) is 4.81. The van der Waals surface area contributed by atoms with Crippen molar-refractivity contribution >= 4 is 15.9 Å². The number of carbonyl (C=O) groups excluding carboxylic acids is 1. The lowest BCUT2D eigenvalue weighted by molar-refractivity contribution is -0.126. The van der Waals surface area contributed by atoms with Crippen LogP contribution in [0.25, 0.3) is 0 Å². The van der Waals surface area contributed by atoms with Crippen LogP contribution >= 0.6 is 0 Å². The van der Waals surface area contributed by atoms with E-state index >= 15 is 0 Å². The number of nitrogens with zero attached hydrogens (tertiary/aromatic N) is 1. The maximum Gasteiger partial charge on any atom is 0.238 e. The maximum absolute atomic E-state index is 12.1. The van der Waals surface area contributed by atoms with Crippen LogP contribution in [0.4, 0.5) is 0 Å². The minimum atomic E-state index is -3.30. The second-order valence-corrected chi connectivity index (χ2v) is 6.46. The van der Waals surface area contributed by atoms with Gasteiger partial charge in [-0.3, -0.25) is 4.79 Å². The molecule has 1 saturated heterocycles. The number of hydrogen-bond acceptors (Lipinski definition) is 3. The number of piperazine rings is 1. The average molecular weight is 248 g/mol. The van der Waals surface area contributed by atoms with E-state index in [4.69, 9.17) is 0 Å². The second kappa shape index (κ2) is 5.14. The SMILES string of the molecule is CCC1C(=O)NCCN1S(=O)(=O)CC(C)C. The molecule has 1 aliphatic heterocycles. The smallest absolute Gasteiger partial charge is 0.238 e. The molecule has 0 aliphatic carbocycles. The number of nitrogens with one attached hydrogen (secondary N) is 1. The molecule has 0 spiro atoms. The molecule has 1 aliphatic rings. The van der Waals surface area contributed by atoms with E-state index in [0.717, 1.165) is 0 Å². The van der Waals surface area contributed by atoms with Gasteiger partial charge in [-0.05, 0) is 12.3 Å². The molecule has 1 amide bonds. The summed E-state index contributed by atoms with van der Waals surface area (Å²) in [7, 11) is -3.30. The molecule has 5 nitrogen and oxygen atoms in total. The van der Waals surface area contributed by atoms with Crippen LogP contribution in [0.5, 0.6) is 0 Å². The van der Waals surface area contributed by atoms with Crippen molar-refractivity contribution in [2.75, 3.05) is 18.8 Å². The highest BCUT2D eigenvalue weighted by molar-refractivity contribution is 7.89. The summed E-state index contributed by atoms with van der Waals surface area (Å²) >= 11 is 0. The summed E-state index contributed by atoms with van der Waals surface area (Å²) < 4.78 is 25.5. The zero-order valence-electron chi connectivity index (χ0n) is 10.1. The van der Waals surface area contributed by atoms with E-state index < -0.39 is 16.1 Å². The molecule has 1 unspecified atom stereocenters. The zero-order valence-corrected chi connectivity index (χ0v) is 10.9. The third kappa shape index (κ3) is 2.95. The highest BCUT2D eigenvalue weighted by Crippen LogP contribution is 2.16. The van der Waals surface area contributed by atoms with E-state index in [1.54, 1.807) is 0 Å². The van der Waals surface area contributed by atoms with Crippen molar-refractivity contribution in [2.45, 2.75) is 33.2 Å². The molecule has 94 valence electrons. The first kappa shape index (κ1) is 13.4. The predicted octanol–water partition coefficient (Wildman–Crippen LogP) is 0.183. The van der Waals surface area contributed by atoms with E-state index in [-0.39, 0.29) is 17.6 Å². The largest absolute Gasteiger partial charge is 0.353 e. The Labute approximate surface area is 97.2 Å². The Hall–Kier alpha value is -0.620. The number of sulfonamides is 1. The van der Waals surface area contributed by atoms with Crippen LogP contribution in [-0.4, -0.2) is 43.5 Å². The van der Waals surface area contributed by atoms with E-state index in [0.29, 0.717) is 19.5 Å². The normalized spacial score (nSPS) is 23.5. The van der Waals surface area contributed by atoms with E-state index in [1.807, 2.05) is 20.8 Å². The summed E-state index contributed by atoms with van der Waals surface area (Å²) in [6.45, 7) is 6.35. The first-order chi connectivity index (χ1) is 7.38. The Kier molecular flexibility index (Phi) is 4.32. The van der Waals surface area contributed by atoms with Gasteiger partial charge in [0.25, 0.3) is 0 Å². The van der Waals surface area contributed by atoms with E-state index in [9.17, 15) is 13.2 Å². The molecular formula is C10H20N2O3S. The summed E-state index contributed by atoms with van der Waals surface area (Å²) in [5.74, 6) is 0.00475. The Balaban J connectivity index is 2.88. The fraction of sp³-hybridized carbons (Fsp3) is 0.900. The molecule has 1 rings (SSSR count). The van der Waals surface area contributed by atoms with Gasteiger partial charge in [-0.1, -0.05) is 20.8 Å². The third-order valence-electron chi connectivity index (χ3n) is 2.57. The van der Waals surface area contributed by atoms with Gasteiger partial charge in [-0.2, -0.15) is 4.31 Å². The molecule has 0 radical (unpaired) electrons. The monoisotopic (exact) mass is 248 g/mol. The highest BCUT2D eigenvalue weighted by atomic mass is 32.2. The van der Waals surface area contributed by atoms with Gasteiger partial charge < -0.3 is 5.32 Å². The van der Waals surface area contributed by atoms with Gasteiger partial charge in [0.05, 0.1) is 5.75 Å². The number of rotatable bonds is 4. The van der Waals surface area contributed by atoms with Gasteiger partial charge in [0.2, 0.25) is 15.9 Å². The van der Waals surface area contributed by atoms with Crippen LogP contribution in [0.1, 0.15) is 27.2 Å². The summed E-state index contributed by atoms with van der Waals surface area (Å²) in [5, 5.41) is 2.69. The minimum absolute atomic E-state index is 0.0764. The van der Waals surface area contributed by atoms with Crippen molar-refractivity contribution in [2.24, 2.45) is 5.92 Å². The van der Waals surface area contributed by atoms with Gasteiger partial charge in [-0.25, -0.2) is 8.42 Å². The van der Waals surface area contributed by atoms with Crippen LogP contribution < -0.4 is 5.32 Å². The average Bonchev–Trinajstić information content (AvgIpc) is 2.15. The van der Waals surface area contributed by atoms with Crippen LogP contribution in [0.2, 0.25) is 0 Å². The van der Waals surface area contributed by atoms with Crippen LogP contribution in [-0.2, 0) is 14.8 Å². The molecule has 6 heteroatoms. The molecule has 0 aromatic rings. The Morgan fingerprint density at radius 2 is 2.12 bits per heavy atom. The Morgan fingerprint density at radius 1 is 1.50 bits per heavy atom. The topological polar surface area (TPSA) is 66.5 Å². The zero-order chi connectivity index (χ0) is 12.3. The van der Waals surface area contributed by atoms with Gasteiger partial charge in [0.1, 0.15) is 6.04 Å². The Bertz CT molecular complexity index is 351. The fourth-order valence-electron chi connectivity index (χ4n) is 1.93. The highest BCUT2D eigenvalue weighted by Gasteiger charge is 2.36. The van der Waals surface area contributed by atoms with E-state index in [1.165, 1.54) is 4.31 Å². The lowest BCUT2D eigenvalue weighted by atomic mass is 10.2. The van der Waals surface area contributed by atoms with Gasteiger partial charge in [0.15, 0.2) is 0 Å². The molecular weight excluding hydrogens is 228 g/mol. The first-order valence-electron chi connectivity index (χ1n) is 5.65. The van der Waals surface area contributed by atoms with Gasteiger partial charge >= 0.3 is 0 Å². The first-order valence-corrected chi connectivity index (χ1v) is 7.26. The maximum atomic E-state index is 12.1. The van der Waals surface area contributed by atoms with Crippen molar-refractivity contribution < 1.29 is 13.2 Å². The molecule has 0 bridgehead atoms. The molecule has 16 heavy (non-hydrogen) atoms. The van der Waals surface area contributed by atoms with Crippen molar-refractivity contribution in [3.63, 3.8) is 0 Å². The molecule has 0 aromatic heterocycles. The van der Waals surface area contributed by atoms with Crippen LogP contribution in [0, 0.1) is 5.92 Å². The number of carbonyl (C=O) groups is 1. The molecule has 0 saturated carbocycles. The predicted molar refractivity (Wildman–Crippen MR) is 62.4 cm³/mol. The summed E-state index contributed by atoms with van der Waals surface area (Å²) in [6, 6.07) is -0.530. The van der Waals surface area contributed by atoms with E-state index in [2.05, 4.69) is 5.32 Å². The van der Waals surface area contributed by atoms with Crippen LogP contribution in [0.3, 0.4) is 0 Å². The van der Waals surface area contributed by atoms with Crippen molar-refractivity contribution in [1.29, 1.82) is 0 Å². The molecule has 1 fully saturated rings. The fourth-order valence-corrected chi connectivity index (χ4v) is 3.97. The minimum Gasteiger partial charge on any atom is -0.353 e. The number of hydrogen-bond donors (Lipinski definition) is 1. The van der Waals surface area contributed by atoms with Gasteiger partial charge in [-0.15, -0.1) is 0 Å². The number of amides is 1. The summed E-state index contributed by atoms with van der Waals surface area (Å²) in [5.41, 5.74) is 0. The van der Waals surface area contributed by atoms with Gasteiger partial charge in [0, 0.05) is 13.1 Å². The molecule has 0 aromatic carbocycles.